The Morgan fingerprint density at radius 3 is 2.62 bits per heavy atom. The van der Waals surface area contributed by atoms with Gasteiger partial charge in [-0.25, -0.2) is 9.18 Å². The number of carboxylic acid groups (broad SMARTS) is 1. The number of benzene rings is 2. The molecule has 0 bridgehead atoms. The van der Waals surface area contributed by atoms with Gasteiger partial charge in [-0.1, -0.05) is 23.7 Å². The molecule has 4 rings (SSSR count). The van der Waals surface area contributed by atoms with Crippen LogP contribution in [0.5, 0.6) is 0 Å². The molecule has 2 aromatic carbocycles. The largest absolute Gasteiger partial charge is 0.478 e. The highest BCUT2D eigenvalue weighted by Gasteiger charge is 2.28. The van der Waals surface area contributed by atoms with Gasteiger partial charge in [-0.2, -0.15) is 9.78 Å². The van der Waals surface area contributed by atoms with E-state index in [1.807, 2.05) is 0 Å². The number of hydrogen-bond acceptors (Lipinski definition) is 3. The Bertz CT molecular complexity index is 1130. The molecule has 0 atom stereocenters. The molecule has 0 unspecified atom stereocenters. The van der Waals surface area contributed by atoms with E-state index in [0.717, 1.165) is 35.7 Å². The van der Waals surface area contributed by atoms with E-state index in [1.54, 1.807) is 25.1 Å². The SMILES string of the molecule is Cc1cccc(Cl)c1C(=O)n1nc(-c2ccc(C(=O)O)cc2F)c2c1CCCC2. The van der Waals surface area contributed by atoms with Crippen molar-refractivity contribution in [2.45, 2.75) is 32.6 Å². The summed E-state index contributed by atoms with van der Waals surface area (Å²) < 4.78 is 16.0. The molecule has 1 aromatic heterocycles. The van der Waals surface area contributed by atoms with Gasteiger partial charge in [0.15, 0.2) is 0 Å². The summed E-state index contributed by atoms with van der Waals surface area (Å²) in [6.45, 7) is 1.81. The molecule has 7 heteroatoms. The lowest BCUT2D eigenvalue weighted by Crippen LogP contribution is -2.19. The molecule has 0 saturated carbocycles. The maximum Gasteiger partial charge on any atom is 0.335 e. The lowest BCUT2D eigenvalue weighted by Gasteiger charge is -2.14. The van der Waals surface area contributed by atoms with Crippen molar-refractivity contribution in [3.05, 3.63) is 75.2 Å². The van der Waals surface area contributed by atoms with Crippen LogP contribution in [0.1, 0.15) is 50.4 Å². The number of aryl methyl sites for hydroxylation is 1. The first-order valence-corrected chi connectivity index (χ1v) is 9.70. The highest BCUT2D eigenvalue weighted by Crippen LogP contribution is 2.34. The quantitative estimate of drug-likeness (QED) is 0.663. The Balaban J connectivity index is 1.88. The number of halogens is 2. The zero-order chi connectivity index (χ0) is 20.7. The Morgan fingerprint density at radius 2 is 1.93 bits per heavy atom. The molecule has 0 amide bonds. The van der Waals surface area contributed by atoms with Crippen LogP contribution in [0.25, 0.3) is 11.3 Å². The van der Waals surface area contributed by atoms with Crippen molar-refractivity contribution in [1.29, 1.82) is 0 Å². The Hall–Kier alpha value is -2.99. The summed E-state index contributed by atoms with van der Waals surface area (Å²) in [5, 5.41) is 13.9. The molecule has 3 aromatic rings. The zero-order valence-corrected chi connectivity index (χ0v) is 16.5. The van der Waals surface area contributed by atoms with Crippen LogP contribution in [0, 0.1) is 12.7 Å². The molecule has 1 aliphatic carbocycles. The number of fused-ring (bicyclic) bond motifs is 1. The van der Waals surface area contributed by atoms with Crippen molar-refractivity contribution in [3.8, 4) is 11.3 Å². The van der Waals surface area contributed by atoms with E-state index in [0.29, 0.717) is 29.1 Å². The number of hydrogen-bond donors (Lipinski definition) is 1. The van der Waals surface area contributed by atoms with Gasteiger partial charge in [-0.3, -0.25) is 4.79 Å². The maximum atomic E-state index is 14.7. The fourth-order valence-electron chi connectivity index (χ4n) is 3.83. The lowest BCUT2D eigenvalue weighted by atomic mass is 9.93. The molecule has 1 aliphatic rings. The van der Waals surface area contributed by atoms with Crippen molar-refractivity contribution < 1.29 is 19.1 Å². The normalized spacial score (nSPS) is 13.2. The highest BCUT2D eigenvalue weighted by molar-refractivity contribution is 6.34. The highest BCUT2D eigenvalue weighted by atomic mass is 35.5. The Kier molecular flexibility index (Phi) is 4.96. The summed E-state index contributed by atoms with van der Waals surface area (Å²) in [7, 11) is 0. The van der Waals surface area contributed by atoms with Crippen LogP contribution in [0.3, 0.4) is 0 Å². The van der Waals surface area contributed by atoms with Gasteiger partial charge in [0.2, 0.25) is 0 Å². The number of carbonyl (C=O) groups is 2. The van der Waals surface area contributed by atoms with E-state index in [2.05, 4.69) is 5.10 Å². The smallest absolute Gasteiger partial charge is 0.335 e. The third-order valence-corrected chi connectivity index (χ3v) is 5.59. The zero-order valence-electron chi connectivity index (χ0n) is 15.7. The Morgan fingerprint density at radius 1 is 1.17 bits per heavy atom. The van der Waals surface area contributed by atoms with Crippen LogP contribution in [0.15, 0.2) is 36.4 Å². The van der Waals surface area contributed by atoms with Crippen LogP contribution in [0.4, 0.5) is 4.39 Å². The fraction of sp³-hybridized carbons (Fsp3) is 0.227. The second-order valence-electron chi connectivity index (χ2n) is 7.13. The van der Waals surface area contributed by atoms with E-state index < -0.39 is 11.8 Å². The summed E-state index contributed by atoms with van der Waals surface area (Å²) in [4.78, 5) is 24.4. The topological polar surface area (TPSA) is 72.2 Å². The standard InChI is InChI=1S/C22H18ClFN2O3/c1-12-5-4-7-16(23)19(12)21(27)26-18-8-3-2-6-15(18)20(25-26)14-10-9-13(22(28)29)11-17(14)24/h4-5,7,9-11H,2-3,6,8H2,1H3,(H,28,29). The van der Waals surface area contributed by atoms with E-state index in [4.69, 9.17) is 16.7 Å². The van der Waals surface area contributed by atoms with E-state index in [-0.39, 0.29) is 17.0 Å². The van der Waals surface area contributed by atoms with Gasteiger partial charge in [0.25, 0.3) is 5.91 Å². The van der Waals surface area contributed by atoms with Crippen molar-refractivity contribution in [3.63, 3.8) is 0 Å². The van der Waals surface area contributed by atoms with Gasteiger partial charge in [0, 0.05) is 11.1 Å². The minimum Gasteiger partial charge on any atom is -0.478 e. The molecule has 0 spiro atoms. The van der Waals surface area contributed by atoms with Gasteiger partial charge in [0.1, 0.15) is 5.82 Å². The van der Waals surface area contributed by atoms with Crippen molar-refractivity contribution in [2.75, 3.05) is 0 Å². The molecule has 1 heterocycles. The summed E-state index contributed by atoms with van der Waals surface area (Å²) >= 11 is 6.28. The summed E-state index contributed by atoms with van der Waals surface area (Å²) in [5.41, 5.74) is 3.14. The monoisotopic (exact) mass is 412 g/mol. The summed E-state index contributed by atoms with van der Waals surface area (Å²) in [6, 6.07) is 8.97. The molecule has 0 saturated heterocycles. The number of carbonyl (C=O) groups excluding carboxylic acids is 1. The number of aromatic carboxylic acids is 1. The molecule has 0 fully saturated rings. The fourth-order valence-corrected chi connectivity index (χ4v) is 4.13. The van der Waals surface area contributed by atoms with E-state index in [1.165, 1.54) is 16.8 Å². The molecule has 5 nitrogen and oxygen atoms in total. The summed E-state index contributed by atoms with van der Waals surface area (Å²) in [5.74, 6) is -2.23. The molecular weight excluding hydrogens is 395 g/mol. The molecule has 0 radical (unpaired) electrons. The number of aromatic nitrogens is 2. The van der Waals surface area contributed by atoms with Crippen LogP contribution < -0.4 is 0 Å². The number of rotatable bonds is 3. The lowest BCUT2D eigenvalue weighted by molar-refractivity contribution is 0.0696. The first-order chi connectivity index (χ1) is 13.9. The van der Waals surface area contributed by atoms with E-state index >= 15 is 0 Å². The van der Waals surface area contributed by atoms with Crippen molar-refractivity contribution in [1.82, 2.24) is 9.78 Å². The third kappa shape index (κ3) is 3.34. The minimum atomic E-state index is -1.20. The van der Waals surface area contributed by atoms with Crippen molar-refractivity contribution in [2.24, 2.45) is 0 Å². The first-order valence-electron chi connectivity index (χ1n) is 9.32. The second kappa shape index (κ2) is 7.44. The first kappa shape index (κ1) is 19.3. The van der Waals surface area contributed by atoms with E-state index in [9.17, 15) is 14.0 Å². The van der Waals surface area contributed by atoms with Gasteiger partial charge >= 0.3 is 5.97 Å². The summed E-state index contributed by atoms with van der Waals surface area (Å²) in [6.07, 6.45) is 3.17. The molecular formula is C22H18ClFN2O3. The predicted molar refractivity (Wildman–Crippen MR) is 107 cm³/mol. The van der Waals surface area contributed by atoms with Crippen LogP contribution in [-0.4, -0.2) is 26.8 Å². The molecule has 0 aliphatic heterocycles. The van der Waals surface area contributed by atoms with Crippen LogP contribution >= 0.6 is 11.6 Å². The molecule has 29 heavy (non-hydrogen) atoms. The van der Waals surface area contributed by atoms with Gasteiger partial charge < -0.3 is 5.11 Å². The molecule has 148 valence electrons. The third-order valence-electron chi connectivity index (χ3n) is 5.28. The van der Waals surface area contributed by atoms with Gasteiger partial charge in [0.05, 0.1) is 27.5 Å². The predicted octanol–water partition coefficient (Wildman–Crippen LogP) is 4.92. The number of nitrogens with zero attached hydrogens (tertiary/aromatic N) is 2. The van der Waals surface area contributed by atoms with Crippen LogP contribution in [-0.2, 0) is 12.8 Å². The second-order valence-corrected chi connectivity index (χ2v) is 7.54. The molecule has 1 N–H and O–H groups in total. The number of carboxylic acids is 1. The van der Waals surface area contributed by atoms with Crippen LogP contribution in [0.2, 0.25) is 5.02 Å². The van der Waals surface area contributed by atoms with Gasteiger partial charge in [-0.15, -0.1) is 0 Å². The van der Waals surface area contributed by atoms with Gasteiger partial charge in [-0.05, 0) is 62.4 Å². The average Bonchev–Trinajstić information content (AvgIpc) is 3.07. The van der Waals surface area contributed by atoms with Crippen molar-refractivity contribution >= 4 is 23.5 Å². The maximum absolute atomic E-state index is 14.7. The Labute approximate surface area is 171 Å². The average molecular weight is 413 g/mol. The minimum absolute atomic E-state index is 0.137.